The molecule has 0 fully saturated rings. The van der Waals surface area contributed by atoms with Crippen molar-refractivity contribution in [2.24, 2.45) is 0 Å². The summed E-state index contributed by atoms with van der Waals surface area (Å²) in [4.78, 5) is 3.69. The topological polar surface area (TPSA) is 12.9 Å². The van der Waals surface area contributed by atoms with Crippen molar-refractivity contribution in [2.75, 3.05) is 0 Å². The normalized spacial score (nSPS) is 11.2. The molecule has 0 bridgehead atoms. The largest absolute Gasteiger partial charge is 0.286 e. The molecule has 0 atom stereocenters. The zero-order valence-electron chi connectivity index (χ0n) is 6.72. The second-order valence-corrected chi connectivity index (χ2v) is 2.54. The fourth-order valence-electron chi connectivity index (χ4n) is 0.810. The summed E-state index contributed by atoms with van der Waals surface area (Å²) in [6.07, 6.45) is 1.44. The number of pyridine rings is 1. The quantitative estimate of drug-likeness (QED) is 0.663. The molecule has 3 heteroatoms. The van der Waals surface area contributed by atoms with E-state index in [1.54, 1.807) is 6.07 Å². The molecule has 64 valence electrons. The minimum absolute atomic E-state index is 0.222. The highest BCUT2D eigenvalue weighted by Crippen LogP contribution is 2.24. The van der Waals surface area contributed by atoms with E-state index in [0.29, 0.717) is 5.69 Å². The zero-order chi connectivity index (χ0) is 9.19. The Morgan fingerprint density at radius 2 is 2.17 bits per heavy atom. The van der Waals surface area contributed by atoms with Crippen LogP contribution in [0.5, 0.6) is 0 Å². The molecule has 0 N–H and O–H groups in total. The Bertz CT molecular complexity index is 289. The maximum Gasteiger partial charge on any atom is 0.286 e. The van der Waals surface area contributed by atoms with E-state index in [4.69, 9.17) is 0 Å². The van der Waals surface area contributed by atoms with Gasteiger partial charge in [-0.25, -0.2) is 4.98 Å². The number of halogens is 2. The van der Waals surface area contributed by atoms with Gasteiger partial charge in [-0.15, -0.1) is 0 Å². The minimum atomic E-state index is -2.88. The number of hydrogen-bond acceptors (Lipinski definition) is 1. The van der Waals surface area contributed by atoms with Crippen LogP contribution in [0.25, 0.3) is 6.08 Å². The third-order valence-electron chi connectivity index (χ3n) is 1.43. The fourth-order valence-corrected chi connectivity index (χ4v) is 0.810. The molecule has 0 aliphatic rings. The van der Waals surface area contributed by atoms with Gasteiger partial charge in [0.25, 0.3) is 5.92 Å². The molecule has 1 aromatic heterocycles. The van der Waals surface area contributed by atoms with E-state index in [1.165, 1.54) is 18.2 Å². The molecule has 0 amide bonds. The summed E-state index contributed by atoms with van der Waals surface area (Å²) in [6.45, 7) is 4.27. The first kappa shape index (κ1) is 8.84. The lowest BCUT2D eigenvalue weighted by molar-refractivity contribution is 0.0127. The van der Waals surface area contributed by atoms with E-state index in [1.807, 2.05) is 0 Å². The van der Waals surface area contributed by atoms with Crippen molar-refractivity contribution in [3.63, 3.8) is 0 Å². The molecule has 1 heterocycles. The van der Waals surface area contributed by atoms with Crippen molar-refractivity contribution in [3.05, 3.63) is 36.2 Å². The van der Waals surface area contributed by atoms with Gasteiger partial charge in [0.2, 0.25) is 0 Å². The van der Waals surface area contributed by atoms with Crippen LogP contribution in [0, 0.1) is 0 Å². The number of alkyl halides is 2. The zero-order valence-corrected chi connectivity index (χ0v) is 6.72. The van der Waals surface area contributed by atoms with Crippen molar-refractivity contribution >= 4 is 6.08 Å². The van der Waals surface area contributed by atoms with Crippen LogP contribution >= 0.6 is 0 Å². The summed E-state index contributed by atoms with van der Waals surface area (Å²) >= 11 is 0. The van der Waals surface area contributed by atoms with Crippen LogP contribution in [0.3, 0.4) is 0 Å². The van der Waals surface area contributed by atoms with Crippen molar-refractivity contribution in [1.82, 2.24) is 4.98 Å². The van der Waals surface area contributed by atoms with Crippen LogP contribution in [0.2, 0.25) is 0 Å². The fraction of sp³-hybridized carbons (Fsp3) is 0.222. The van der Waals surface area contributed by atoms with E-state index in [0.717, 1.165) is 6.92 Å². The number of hydrogen-bond donors (Lipinski definition) is 0. The Kier molecular flexibility index (Phi) is 2.22. The first-order chi connectivity index (χ1) is 5.54. The highest BCUT2D eigenvalue weighted by Gasteiger charge is 2.25. The molecule has 0 aliphatic carbocycles. The maximum atomic E-state index is 12.7. The highest BCUT2D eigenvalue weighted by atomic mass is 19.3. The van der Waals surface area contributed by atoms with Gasteiger partial charge in [-0.2, -0.15) is 8.78 Å². The lowest BCUT2D eigenvalue weighted by Gasteiger charge is -2.08. The highest BCUT2D eigenvalue weighted by molar-refractivity contribution is 5.41. The monoisotopic (exact) mass is 169 g/mol. The van der Waals surface area contributed by atoms with Crippen molar-refractivity contribution in [3.8, 4) is 0 Å². The predicted octanol–water partition coefficient (Wildman–Crippen LogP) is 2.84. The smallest absolute Gasteiger partial charge is 0.247 e. The van der Waals surface area contributed by atoms with Crippen LogP contribution < -0.4 is 0 Å². The summed E-state index contributed by atoms with van der Waals surface area (Å²) in [6, 6.07) is 4.46. The second kappa shape index (κ2) is 3.01. The van der Waals surface area contributed by atoms with E-state index >= 15 is 0 Å². The van der Waals surface area contributed by atoms with Crippen molar-refractivity contribution in [2.45, 2.75) is 12.8 Å². The number of aromatic nitrogens is 1. The Labute approximate surface area is 69.8 Å². The van der Waals surface area contributed by atoms with Crippen LogP contribution in [-0.2, 0) is 5.92 Å². The van der Waals surface area contributed by atoms with Crippen LogP contribution in [0.1, 0.15) is 18.3 Å². The summed E-state index contributed by atoms with van der Waals surface area (Å²) in [7, 11) is 0. The molecule has 0 radical (unpaired) electrons. The third kappa shape index (κ3) is 1.87. The van der Waals surface area contributed by atoms with Gasteiger partial charge in [0.15, 0.2) is 0 Å². The molecule has 0 unspecified atom stereocenters. The standard InChI is InChI=1S/C9H9F2N/c1-3-7-5-4-6-8(12-7)9(2,10)11/h3-6H,1H2,2H3. The molecule has 1 nitrogen and oxygen atoms in total. The number of nitrogens with zero attached hydrogens (tertiary/aromatic N) is 1. The summed E-state index contributed by atoms with van der Waals surface area (Å²) in [5.41, 5.74) is 0.244. The van der Waals surface area contributed by atoms with Crippen molar-refractivity contribution in [1.29, 1.82) is 0 Å². The number of rotatable bonds is 2. The van der Waals surface area contributed by atoms with Crippen LogP contribution in [0.15, 0.2) is 24.8 Å². The predicted molar refractivity (Wildman–Crippen MR) is 43.9 cm³/mol. The second-order valence-electron chi connectivity index (χ2n) is 2.54. The van der Waals surface area contributed by atoms with Gasteiger partial charge >= 0.3 is 0 Å². The Morgan fingerprint density at radius 1 is 1.50 bits per heavy atom. The van der Waals surface area contributed by atoms with Crippen LogP contribution in [0.4, 0.5) is 8.78 Å². The van der Waals surface area contributed by atoms with Gasteiger partial charge in [0.05, 0.1) is 5.69 Å². The lowest BCUT2D eigenvalue weighted by Crippen LogP contribution is -2.09. The Hall–Kier alpha value is -1.25. The van der Waals surface area contributed by atoms with Gasteiger partial charge in [-0.3, -0.25) is 0 Å². The summed E-state index contributed by atoms with van der Waals surface area (Å²) < 4.78 is 25.3. The van der Waals surface area contributed by atoms with Crippen molar-refractivity contribution < 1.29 is 8.78 Å². The average molecular weight is 169 g/mol. The molecule has 0 aliphatic heterocycles. The van der Waals surface area contributed by atoms with Crippen LogP contribution in [-0.4, -0.2) is 4.98 Å². The maximum absolute atomic E-state index is 12.7. The van der Waals surface area contributed by atoms with Gasteiger partial charge in [0.1, 0.15) is 5.69 Å². The van der Waals surface area contributed by atoms with E-state index in [2.05, 4.69) is 11.6 Å². The van der Waals surface area contributed by atoms with Gasteiger partial charge in [-0.1, -0.05) is 12.6 Å². The first-order valence-electron chi connectivity index (χ1n) is 3.52. The average Bonchev–Trinajstić information content (AvgIpc) is 2.03. The molecule has 0 aromatic carbocycles. The van der Waals surface area contributed by atoms with E-state index in [9.17, 15) is 8.78 Å². The van der Waals surface area contributed by atoms with E-state index < -0.39 is 5.92 Å². The third-order valence-corrected chi connectivity index (χ3v) is 1.43. The Balaban J connectivity index is 3.10. The summed E-state index contributed by atoms with van der Waals surface area (Å²) in [5, 5.41) is 0. The molecule has 12 heavy (non-hydrogen) atoms. The lowest BCUT2D eigenvalue weighted by atomic mass is 10.2. The molecular formula is C9H9F2N. The summed E-state index contributed by atoms with van der Waals surface area (Å²) in [5.74, 6) is -2.88. The molecule has 0 saturated carbocycles. The van der Waals surface area contributed by atoms with E-state index in [-0.39, 0.29) is 5.69 Å². The van der Waals surface area contributed by atoms with Gasteiger partial charge in [-0.05, 0) is 18.2 Å². The Morgan fingerprint density at radius 3 is 2.67 bits per heavy atom. The molecule has 0 spiro atoms. The SMILES string of the molecule is C=Cc1cccc(C(C)(F)F)n1. The minimum Gasteiger partial charge on any atom is -0.247 e. The van der Waals surface area contributed by atoms with Gasteiger partial charge < -0.3 is 0 Å². The molecule has 1 aromatic rings. The first-order valence-corrected chi connectivity index (χ1v) is 3.52. The van der Waals surface area contributed by atoms with Gasteiger partial charge in [0, 0.05) is 6.92 Å². The molecule has 0 saturated heterocycles. The molecule has 1 rings (SSSR count). The molecular weight excluding hydrogens is 160 g/mol.